The number of pyridine rings is 3. The molecule has 3 aromatic heterocycles. The summed E-state index contributed by atoms with van der Waals surface area (Å²) in [4.78, 5) is 23.2. The van der Waals surface area contributed by atoms with Crippen LogP contribution in [0.5, 0.6) is 11.5 Å². The van der Waals surface area contributed by atoms with Crippen molar-refractivity contribution in [1.82, 2.24) is 24.8 Å². The first kappa shape index (κ1) is 22.7. The van der Waals surface area contributed by atoms with Crippen molar-refractivity contribution in [3.8, 4) is 11.5 Å². The highest BCUT2D eigenvalue weighted by Gasteiger charge is 2.43. The molecule has 0 radical (unpaired) electrons. The third-order valence-corrected chi connectivity index (χ3v) is 7.31. The number of nitrogens with one attached hydrogen (secondary N) is 1. The fourth-order valence-electron chi connectivity index (χ4n) is 5.35. The molecule has 3 aliphatic rings. The summed E-state index contributed by atoms with van der Waals surface area (Å²) in [5.41, 5.74) is -0.239. The van der Waals surface area contributed by atoms with Gasteiger partial charge in [0, 0.05) is 25.2 Å². The fraction of sp³-hybridized carbons (Fsp3) is 0.458. The number of nitrogens with zero attached hydrogens (tertiary/aromatic N) is 4. The number of hydrogen-bond donors (Lipinski definition) is 2. The average molecular weight is 502 g/mol. The summed E-state index contributed by atoms with van der Waals surface area (Å²) in [6.45, 7) is 3.33. The number of aliphatic hydroxyl groups is 1. The Morgan fingerprint density at radius 1 is 1.17 bits per heavy atom. The molecule has 3 aromatic rings. The number of fused-ring (bicyclic) bond motifs is 1. The first-order valence-electron chi connectivity index (χ1n) is 11.7. The monoisotopic (exact) mass is 501 g/mol. The molecule has 1 saturated heterocycles. The van der Waals surface area contributed by atoms with Crippen LogP contribution in [0.15, 0.2) is 29.3 Å². The van der Waals surface area contributed by atoms with Gasteiger partial charge in [0.2, 0.25) is 0 Å². The zero-order chi connectivity index (χ0) is 24.2. The van der Waals surface area contributed by atoms with Gasteiger partial charge in [-0.25, -0.2) is 4.39 Å². The smallest absolute Gasteiger partial charge is 0.270 e. The lowest BCUT2D eigenvalue weighted by Crippen LogP contribution is -2.48. The van der Waals surface area contributed by atoms with Gasteiger partial charge >= 0.3 is 0 Å². The molecule has 0 spiro atoms. The second-order valence-electron chi connectivity index (χ2n) is 9.38. The van der Waals surface area contributed by atoms with Crippen molar-refractivity contribution in [3.63, 3.8) is 0 Å². The van der Waals surface area contributed by atoms with Crippen LogP contribution in [0.3, 0.4) is 0 Å². The number of aromatic nitrogens is 3. The number of β-amino-alcohol motifs (C(OH)–C–C–N with tert-alkyl or cyclic N) is 1. The number of likely N-dealkylation sites (tertiary alicyclic amines) is 1. The highest BCUT2D eigenvalue weighted by molar-refractivity contribution is 6.31. The minimum absolute atomic E-state index is 0.00574. The standard InChI is InChI=1S/C24H25ClFN5O4/c25-16-8-18-22-21(17(26)10-29-18)24(33,13-31(22)23(16)32)12-30-3-1-14(2-4-30)27-9-15-7-19-20(11-28-15)35-6-5-34-19/h7-8,10-11,14,27,33H,1-6,9,12-13H2. The van der Waals surface area contributed by atoms with Crippen LogP contribution < -0.4 is 20.3 Å². The maximum absolute atomic E-state index is 14.8. The summed E-state index contributed by atoms with van der Waals surface area (Å²) in [5, 5.41) is 15.1. The van der Waals surface area contributed by atoms with Crippen LogP contribution in [0.25, 0.3) is 11.0 Å². The van der Waals surface area contributed by atoms with Crippen molar-refractivity contribution < 1.29 is 19.0 Å². The van der Waals surface area contributed by atoms with Crippen molar-refractivity contribution in [1.29, 1.82) is 0 Å². The van der Waals surface area contributed by atoms with E-state index in [1.165, 1.54) is 10.6 Å². The molecular weight excluding hydrogens is 477 g/mol. The van der Waals surface area contributed by atoms with Crippen molar-refractivity contribution in [2.24, 2.45) is 0 Å². The predicted octanol–water partition coefficient (Wildman–Crippen LogP) is 1.81. The van der Waals surface area contributed by atoms with Crippen LogP contribution in [-0.4, -0.2) is 63.4 Å². The van der Waals surface area contributed by atoms with Crippen molar-refractivity contribution in [3.05, 3.63) is 57.0 Å². The van der Waals surface area contributed by atoms with Crippen molar-refractivity contribution in [2.75, 3.05) is 32.8 Å². The molecule has 1 unspecified atom stereocenters. The van der Waals surface area contributed by atoms with Crippen LogP contribution in [0.2, 0.25) is 5.02 Å². The third-order valence-electron chi connectivity index (χ3n) is 7.03. The summed E-state index contributed by atoms with van der Waals surface area (Å²) in [6, 6.07) is 3.63. The maximum atomic E-state index is 14.8. The van der Waals surface area contributed by atoms with E-state index in [9.17, 15) is 14.3 Å². The Morgan fingerprint density at radius 2 is 1.94 bits per heavy atom. The highest BCUT2D eigenvalue weighted by Crippen LogP contribution is 2.38. The second kappa shape index (κ2) is 8.70. The average Bonchev–Trinajstić information content (AvgIpc) is 3.18. The van der Waals surface area contributed by atoms with E-state index in [2.05, 4.69) is 20.2 Å². The Bertz CT molecular complexity index is 1360. The molecule has 184 valence electrons. The third kappa shape index (κ3) is 4.04. The van der Waals surface area contributed by atoms with Gasteiger partial charge in [-0.05, 0) is 32.0 Å². The predicted molar refractivity (Wildman–Crippen MR) is 126 cm³/mol. The largest absolute Gasteiger partial charge is 0.486 e. The zero-order valence-electron chi connectivity index (χ0n) is 19.0. The van der Waals surface area contributed by atoms with E-state index in [4.69, 9.17) is 21.1 Å². The summed E-state index contributed by atoms with van der Waals surface area (Å²) >= 11 is 6.06. The minimum Gasteiger partial charge on any atom is -0.486 e. The van der Waals surface area contributed by atoms with E-state index < -0.39 is 17.0 Å². The van der Waals surface area contributed by atoms with Crippen LogP contribution >= 0.6 is 11.6 Å². The van der Waals surface area contributed by atoms with Crippen molar-refractivity contribution >= 4 is 22.6 Å². The number of hydrogen-bond acceptors (Lipinski definition) is 8. The molecular formula is C24H25ClFN5O4. The molecule has 6 rings (SSSR count). The van der Waals surface area contributed by atoms with Crippen molar-refractivity contribution in [2.45, 2.75) is 37.6 Å². The van der Waals surface area contributed by atoms with Gasteiger partial charge in [0.15, 0.2) is 11.5 Å². The Morgan fingerprint density at radius 3 is 2.74 bits per heavy atom. The molecule has 11 heteroatoms. The molecule has 1 fully saturated rings. The molecule has 0 amide bonds. The molecule has 0 bridgehead atoms. The molecule has 1 atom stereocenters. The molecule has 0 aliphatic carbocycles. The quantitative estimate of drug-likeness (QED) is 0.546. The topological polar surface area (TPSA) is 102 Å². The second-order valence-corrected chi connectivity index (χ2v) is 9.79. The minimum atomic E-state index is -1.53. The SMILES string of the molecule is O=c1c(Cl)cc2ncc(F)c3c2n1CC3(O)CN1CCC(NCc2cc3c(cn2)OCCO3)CC1. The molecule has 0 aromatic carbocycles. The number of ether oxygens (including phenoxy) is 2. The van der Waals surface area contributed by atoms with E-state index in [1.807, 2.05) is 6.07 Å². The lowest BCUT2D eigenvalue weighted by atomic mass is 9.93. The summed E-state index contributed by atoms with van der Waals surface area (Å²) in [5.74, 6) is 0.783. The Balaban J connectivity index is 1.10. The van der Waals surface area contributed by atoms with E-state index in [0.29, 0.717) is 42.6 Å². The van der Waals surface area contributed by atoms with Gasteiger partial charge in [-0.2, -0.15) is 0 Å². The van der Waals surface area contributed by atoms with E-state index >= 15 is 0 Å². The Labute approximate surface area is 205 Å². The number of piperidine rings is 1. The highest BCUT2D eigenvalue weighted by atomic mass is 35.5. The normalized spacial score (nSPS) is 22.1. The van der Waals surface area contributed by atoms with Crippen LogP contribution in [-0.2, 0) is 18.7 Å². The molecule has 2 N–H and O–H groups in total. The first-order valence-corrected chi connectivity index (χ1v) is 12.1. The molecule has 3 aliphatic heterocycles. The van der Waals surface area contributed by atoms with Gasteiger partial charge < -0.3 is 24.5 Å². The van der Waals surface area contributed by atoms with E-state index in [-0.39, 0.29) is 23.7 Å². The fourth-order valence-corrected chi connectivity index (χ4v) is 5.55. The zero-order valence-corrected chi connectivity index (χ0v) is 19.7. The van der Waals surface area contributed by atoms with Gasteiger partial charge in [0.25, 0.3) is 5.56 Å². The number of halogens is 2. The van der Waals surface area contributed by atoms with Crippen LogP contribution in [0.4, 0.5) is 4.39 Å². The van der Waals surface area contributed by atoms with Gasteiger partial charge in [-0.15, -0.1) is 0 Å². The molecule has 35 heavy (non-hydrogen) atoms. The number of rotatable bonds is 5. The molecule has 6 heterocycles. The maximum Gasteiger partial charge on any atom is 0.270 e. The first-order chi connectivity index (χ1) is 16.9. The van der Waals surface area contributed by atoms with Gasteiger partial charge in [-0.1, -0.05) is 11.6 Å². The lowest BCUT2D eigenvalue weighted by molar-refractivity contribution is -0.0159. The molecule has 0 saturated carbocycles. The van der Waals surface area contributed by atoms with Gasteiger partial charge in [0.1, 0.15) is 29.7 Å². The van der Waals surface area contributed by atoms with Gasteiger partial charge in [-0.3, -0.25) is 19.7 Å². The summed E-state index contributed by atoms with van der Waals surface area (Å²) < 4.78 is 27.3. The lowest BCUT2D eigenvalue weighted by Gasteiger charge is -2.37. The Kier molecular flexibility index (Phi) is 5.63. The summed E-state index contributed by atoms with van der Waals surface area (Å²) in [7, 11) is 0. The van der Waals surface area contributed by atoms with Gasteiger partial charge in [0.05, 0.1) is 41.2 Å². The van der Waals surface area contributed by atoms with E-state index in [1.54, 1.807) is 6.20 Å². The van der Waals surface area contributed by atoms with Crippen LogP contribution in [0, 0.1) is 5.82 Å². The van der Waals surface area contributed by atoms with Crippen LogP contribution in [0.1, 0.15) is 24.1 Å². The Hall–Kier alpha value is -2.79. The summed E-state index contributed by atoms with van der Waals surface area (Å²) in [6.07, 6.45) is 4.52. The van der Waals surface area contributed by atoms with E-state index in [0.717, 1.165) is 43.6 Å². The molecule has 9 nitrogen and oxygen atoms in total.